The van der Waals surface area contributed by atoms with Crippen LogP contribution < -0.4 is 10.5 Å². The summed E-state index contributed by atoms with van der Waals surface area (Å²) in [5, 5.41) is 8.16. The molecule has 0 unspecified atom stereocenters. The second kappa shape index (κ2) is 5.85. The molecule has 0 aliphatic carbocycles. The average Bonchev–Trinajstić information content (AvgIpc) is 2.38. The van der Waals surface area contributed by atoms with Crippen LogP contribution in [0.4, 0.5) is 0 Å². The van der Waals surface area contributed by atoms with E-state index in [0.29, 0.717) is 11.3 Å². The molecular formula is C15H14BrClN2O. The van der Waals surface area contributed by atoms with Crippen molar-refractivity contribution in [1.29, 1.82) is 5.41 Å². The summed E-state index contributed by atoms with van der Waals surface area (Å²) in [7, 11) is 0. The van der Waals surface area contributed by atoms with Gasteiger partial charge in [0.05, 0.1) is 4.47 Å². The highest BCUT2D eigenvalue weighted by atomic mass is 79.9. The molecule has 0 aliphatic heterocycles. The topological polar surface area (TPSA) is 59.1 Å². The third-order valence-corrected chi connectivity index (χ3v) is 4.10. The van der Waals surface area contributed by atoms with Gasteiger partial charge in [-0.05, 0) is 71.2 Å². The van der Waals surface area contributed by atoms with Crippen LogP contribution in [0.1, 0.15) is 16.7 Å². The van der Waals surface area contributed by atoms with Gasteiger partial charge in [0.2, 0.25) is 0 Å². The number of nitrogen functional groups attached to an aromatic ring is 1. The number of nitrogens with one attached hydrogen (secondary N) is 1. The quantitative estimate of drug-likeness (QED) is 0.615. The number of rotatable bonds is 3. The number of hydrogen-bond donors (Lipinski definition) is 2. The van der Waals surface area contributed by atoms with E-state index in [1.165, 1.54) is 0 Å². The molecule has 0 saturated carbocycles. The zero-order chi connectivity index (χ0) is 14.9. The van der Waals surface area contributed by atoms with Gasteiger partial charge in [0, 0.05) is 10.6 Å². The molecule has 0 aromatic heterocycles. The summed E-state index contributed by atoms with van der Waals surface area (Å²) in [6.07, 6.45) is 0. The van der Waals surface area contributed by atoms with Gasteiger partial charge in [-0.1, -0.05) is 11.6 Å². The predicted octanol–water partition coefficient (Wildman–Crippen LogP) is 4.80. The Kier molecular flexibility index (Phi) is 4.35. The Balaban J connectivity index is 2.33. The molecule has 3 nitrogen and oxygen atoms in total. The lowest BCUT2D eigenvalue weighted by Gasteiger charge is -2.11. The number of amidine groups is 1. The minimum atomic E-state index is 0.0235. The van der Waals surface area contributed by atoms with Crippen LogP contribution in [-0.2, 0) is 0 Å². The monoisotopic (exact) mass is 352 g/mol. The van der Waals surface area contributed by atoms with Crippen LogP contribution in [0.2, 0.25) is 5.02 Å². The number of nitrogens with two attached hydrogens (primary N) is 1. The summed E-state index contributed by atoms with van der Waals surface area (Å²) in [4.78, 5) is 0. The number of hydrogen-bond acceptors (Lipinski definition) is 2. The van der Waals surface area contributed by atoms with E-state index in [-0.39, 0.29) is 5.84 Å². The van der Waals surface area contributed by atoms with Crippen LogP contribution in [0.3, 0.4) is 0 Å². The molecule has 20 heavy (non-hydrogen) atoms. The van der Waals surface area contributed by atoms with Crippen molar-refractivity contribution in [2.45, 2.75) is 13.8 Å². The van der Waals surface area contributed by atoms with Gasteiger partial charge in [0.15, 0.2) is 0 Å². The standard InChI is InChI=1S/C15H14BrClN2O/c1-8-5-11(6-9(2)14(8)17)20-13-4-3-10(15(18)19)7-12(13)16/h3-7H,1-2H3,(H3,18,19). The maximum absolute atomic E-state index is 7.40. The first-order valence-corrected chi connectivity index (χ1v) is 7.14. The molecule has 0 fully saturated rings. The van der Waals surface area contributed by atoms with Crippen molar-refractivity contribution in [1.82, 2.24) is 0 Å². The predicted molar refractivity (Wildman–Crippen MR) is 86.2 cm³/mol. The Bertz CT molecular complexity index is 663. The van der Waals surface area contributed by atoms with Crippen molar-refractivity contribution < 1.29 is 4.74 Å². The largest absolute Gasteiger partial charge is 0.456 e. The summed E-state index contributed by atoms with van der Waals surface area (Å²) >= 11 is 9.56. The minimum absolute atomic E-state index is 0.0235. The maximum atomic E-state index is 7.40. The van der Waals surface area contributed by atoms with E-state index < -0.39 is 0 Å². The third-order valence-electron chi connectivity index (χ3n) is 2.88. The molecule has 0 saturated heterocycles. The molecule has 0 amide bonds. The molecule has 2 rings (SSSR count). The smallest absolute Gasteiger partial charge is 0.141 e. The van der Waals surface area contributed by atoms with E-state index in [1.807, 2.05) is 26.0 Å². The molecule has 104 valence electrons. The van der Waals surface area contributed by atoms with Crippen molar-refractivity contribution in [2.75, 3.05) is 0 Å². The lowest BCUT2D eigenvalue weighted by Crippen LogP contribution is -2.10. The fourth-order valence-electron chi connectivity index (χ4n) is 1.84. The summed E-state index contributed by atoms with van der Waals surface area (Å²) in [6, 6.07) is 9.06. The highest BCUT2D eigenvalue weighted by Gasteiger charge is 2.08. The van der Waals surface area contributed by atoms with Gasteiger partial charge in [-0.15, -0.1) is 0 Å². The van der Waals surface area contributed by atoms with Gasteiger partial charge in [0.1, 0.15) is 17.3 Å². The second-order valence-corrected chi connectivity index (χ2v) is 5.76. The molecule has 0 heterocycles. The lowest BCUT2D eigenvalue weighted by molar-refractivity contribution is 0.479. The molecule has 0 atom stereocenters. The number of ether oxygens (including phenoxy) is 1. The van der Waals surface area contributed by atoms with Crippen LogP contribution in [0.15, 0.2) is 34.8 Å². The third kappa shape index (κ3) is 3.14. The van der Waals surface area contributed by atoms with E-state index >= 15 is 0 Å². The SMILES string of the molecule is Cc1cc(Oc2ccc(C(=N)N)cc2Br)cc(C)c1Cl. The molecule has 3 N–H and O–H groups in total. The fraction of sp³-hybridized carbons (Fsp3) is 0.133. The van der Waals surface area contributed by atoms with Crippen molar-refractivity contribution in [3.05, 3.63) is 56.5 Å². The Hall–Kier alpha value is -1.52. The highest BCUT2D eigenvalue weighted by molar-refractivity contribution is 9.10. The van der Waals surface area contributed by atoms with Gasteiger partial charge >= 0.3 is 0 Å². The fourth-order valence-corrected chi connectivity index (χ4v) is 2.41. The summed E-state index contributed by atoms with van der Waals surface area (Å²) in [5.74, 6) is 1.41. The molecular weight excluding hydrogens is 340 g/mol. The Morgan fingerprint density at radius 3 is 2.30 bits per heavy atom. The molecule has 0 bridgehead atoms. The van der Waals surface area contributed by atoms with Crippen molar-refractivity contribution in [3.8, 4) is 11.5 Å². The number of aryl methyl sites for hydroxylation is 2. The van der Waals surface area contributed by atoms with E-state index in [0.717, 1.165) is 26.4 Å². The van der Waals surface area contributed by atoms with Gasteiger partial charge < -0.3 is 10.5 Å². The van der Waals surface area contributed by atoms with Gasteiger partial charge in [-0.3, -0.25) is 5.41 Å². The van der Waals surface area contributed by atoms with Crippen LogP contribution in [0, 0.1) is 19.3 Å². The molecule has 0 radical (unpaired) electrons. The van der Waals surface area contributed by atoms with Crippen molar-refractivity contribution >= 4 is 33.4 Å². The zero-order valence-electron chi connectivity index (χ0n) is 11.1. The summed E-state index contributed by atoms with van der Waals surface area (Å²) in [5.41, 5.74) is 8.04. The Morgan fingerprint density at radius 1 is 1.20 bits per heavy atom. The first kappa shape index (κ1) is 14.9. The molecule has 0 aliphatic rings. The van der Waals surface area contributed by atoms with Crippen LogP contribution >= 0.6 is 27.5 Å². The number of halogens is 2. The zero-order valence-corrected chi connectivity index (χ0v) is 13.5. The second-order valence-electron chi connectivity index (χ2n) is 4.53. The molecule has 5 heteroatoms. The highest BCUT2D eigenvalue weighted by Crippen LogP contribution is 2.33. The van der Waals surface area contributed by atoms with Gasteiger partial charge in [0.25, 0.3) is 0 Å². The van der Waals surface area contributed by atoms with E-state index in [1.54, 1.807) is 18.2 Å². The molecule has 2 aromatic carbocycles. The van der Waals surface area contributed by atoms with Crippen LogP contribution in [0.5, 0.6) is 11.5 Å². The normalized spacial score (nSPS) is 10.4. The Labute approximate surface area is 131 Å². The van der Waals surface area contributed by atoms with Crippen LogP contribution in [-0.4, -0.2) is 5.84 Å². The molecule has 0 spiro atoms. The molecule has 2 aromatic rings. The first-order valence-electron chi connectivity index (χ1n) is 5.97. The van der Waals surface area contributed by atoms with Crippen molar-refractivity contribution in [3.63, 3.8) is 0 Å². The van der Waals surface area contributed by atoms with Crippen LogP contribution in [0.25, 0.3) is 0 Å². The summed E-state index contributed by atoms with van der Waals surface area (Å²) < 4.78 is 6.59. The summed E-state index contributed by atoms with van der Waals surface area (Å²) in [6.45, 7) is 3.88. The van der Waals surface area contributed by atoms with E-state index in [2.05, 4.69) is 15.9 Å². The Morgan fingerprint density at radius 2 is 1.80 bits per heavy atom. The van der Waals surface area contributed by atoms with Gasteiger partial charge in [-0.25, -0.2) is 0 Å². The van der Waals surface area contributed by atoms with E-state index in [9.17, 15) is 0 Å². The average molecular weight is 354 g/mol. The lowest BCUT2D eigenvalue weighted by atomic mass is 10.1. The van der Waals surface area contributed by atoms with Crippen molar-refractivity contribution in [2.24, 2.45) is 5.73 Å². The first-order chi connectivity index (χ1) is 9.38. The van der Waals surface area contributed by atoms with E-state index in [4.69, 9.17) is 27.5 Å². The number of benzene rings is 2. The minimum Gasteiger partial charge on any atom is -0.456 e. The maximum Gasteiger partial charge on any atom is 0.141 e. The van der Waals surface area contributed by atoms with Gasteiger partial charge in [-0.2, -0.15) is 0 Å².